The Bertz CT molecular complexity index is 509. The zero-order chi connectivity index (χ0) is 10.8. The molecule has 5 nitrogen and oxygen atoms in total. The number of aromatic nitrogens is 3. The molecule has 78 valence electrons. The summed E-state index contributed by atoms with van der Waals surface area (Å²) in [5.41, 5.74) is 0.972. The normalized spacial score (nSPS) is 10.5. The first-order chi connectivity index (χ1) is 7.22. The van der Waals surface area contributed by atoms with Gasteiger partial charge in [0.05, 0.1) is 19.0 Å². The molecule has 0 aromatic carbocycles. The van der Waals surface area contributed by atoms with Crippen LogP contribution < -0.4 is 0 Å². The number of hydrogen-bond donors (Lipinski definition) is 0. The summed E-state index contributed by atoms with van der Waals surface area (Å²) in [5.74, 6) is -0.402. The minimum atomic E-state index is -0.402. The summed E-state index contributed by atoms with van der Waals surface area (Å²) in [5, 5.41) is 0. The van der Waals surface area contributed by atoms with Crippen LogP contribution in [0, 0.1) is 0 Å². The number of rotatable bonds is 2. The molecule has 2 rings (SSSR count). The van der Waals surface area contributed by atoms with E-state index in [-0.39, 0.29) is 0 Å². The van der Waals surface area contributed by atoms with Gasteiger partial charge in [0, 0.05) is 6.20 Å². The van der Waals surface area contributed by atoms with E-state index in [1.54, 1.807) is 23.7 Å². The van der Waals surface area contributed by atoms with Crippen LogP contribution >= 0.6 is 15.9 Å². The van der Waals surface area contributed by atoms with Gasteiger partial charge >= 0.3 is 5.97 Å². The van der Waals surface area contributed by atoms with Crippen molar-refractivity contribution in [2.75, 3.05) is 6.61 Å². The second-order valence-corrected chi connectivity index (χ2v) is 3.62. The van der Waals surface area contributed by atoms with Crippen LogP contribution in [0.1, 0.15) is 17.4 Å². The van der Waals surface area contributed by atoms with Gasteiger partial charge in [0.25, 0.3) is 0 Å². The first kappa shape index (κ1) is 10.1. The van der Waals surface area contributed by atoms with E-state index in [1.165, 1.54) is 6.20 Å². The van der Waals surface area contributed by atoms with E-state index in [2.05, 4.69) is 25.9 Å². The zero-order valence-corrected chi connectivity index (χ0v) is 9.56. The second kappa shape index (κ2) is 3.98. The molecule has 2 heterocycles. The van der Waals surface area contributed by atoms with Gasteiger partial charge in [-0.05, 0) is 22.9 Å². The van der Waals surface area contributed by atoms with Crippen LogP contribution in [0.2, 0.25) is 0 Å². The lowest BCUT2D eigenvalue weighted by Crippen LogP contribution is -2.10. The van der Waals surface area contributed by atoms with Gasteiger partial charge < -0.3 is 4.74 Å². The molecule has 0 aliphatic heterocycles. The smallest absolute Gasteiger partial charge is 0.356 e. The maximum atomic E-state index is 11.5. The molecule has 0 N–H and O–H groups in total. The van der Waals surface area contributed by atoms with E-state index in [0.29, 0.717) is 22.6 Å². The summed E-state index contributed by atoms with van der Waals surface area (Å²) in [4.78, 5) is 19.6. The van der Waals surface area contributed by atoms with E-state index in [1.807, 2.05) is 0 Å². The SMILES string of the molecule is CCOC(=O)c1cncc2nc(Br)cn12. The van der Waals surface area contributed by atoms with Gasteiger partial charge in [-0.15, -0.1) is 0 Å². The quantitative estimate of drug-likeness (QED) is 0.779. The summed E-state index contributed by atoms with van der Waals surface area (Å²) < 4.78 is 7.19. The summed E-state index contributed by atoms with van der Waals surface area (Å²) in [6, 6.07) is 0. The van der Waals surface area contributed by atoms with Crippen molar-refractivity contribution in [2.24, 2.45) is 0 Å². The fourth-order valence-corrected chi connectivity index (χ4v) is 1.63. The maximum Gasteiger partial charge on any atom is 0.356 e. The van der Waals surface area contributed by atoms with Gasteiger partial charge in [-0.1, -0.05) is 0 Å². The van der Waals surface area contributed by atoms with Crippen LogP contribution in [0.25, 0.3) is 5.65 Å². The lowest BCUT2D eigenvalue weighted by atomic mass is 10.4. The molecular weight excluding hydrogens is 262 g/mol. The number of esters is 1. The molecule has 2 aromatic heterocycles. The summed E-state index contributed by atoms with van der Waals surface area (Å²) in [7, 11) is 0. The molecule has 0 saturated heterocycles. The van der Waals surface area contributed by atoms with Crippen LogP contribution in [0.3, 0.4) is 0 Å². The molecule has 0 unspecified atom stereocenters. The number of carbonyl (C=O) groups is 1. The molecule has 0 bridgehead atoms. The Hall–Kier alpha value is -1.43. The molecular formula is C9H8BrN3O2. The number of halogens is 1. The molecule has 0 spiro atoms. The largest absolute Gasteiger partial charge is 0.461 e. The number of carbonyl (C=O) groups excluding carboxylic acids is 1. The highest BCUT2D eigenvalue weighted by atomic mass is 79.9. The average Bonchev–Trinajstić information content (AvgIpc) is 2.57. The first-order valence-electron chi connectivity index (χ1n) is 4.38. The summed E-state index contributed by atoms with van der Waals surface area (Å²) >= 11 is 3.24. The van der Waals surface area contributed by atoms with Crippen molar-refractivity contribution in [2.45, 2.75) is 6.92 Å². The molecule has 0 atom stereocenters. The van der Waals surface area contributed by atoms with Crippen LogP contribution in [0.15, 0.2) is 23.2 Å². The number of fused-ring (bicyclic) bond motifs is 1. The van der Waals surface area contributed by atoms with E-state index < -0.39 is 5.97 Å². The standard InChI is InChI=1S/C9H8BrN3O2/c1-2-15-9(14)6-3-11-4-8-12-7(10)5-13(6)8/h3-5H,2H2,1H3. The summed E-state index contributed by atoms with van der Waals surface area (Å²) in [6.07, 6.45) is 4.73. The van der Waals surface area contributed by atoms with Gasteiger partial charge in [-0.25, -0.2) is 9.78 Å². The minimum absolute atomic E-state index is 0.338. The number of hydrogen-bond acceptors (Lipinski definition) is 4. The number of nitrogens with zero attached hydrogens (tertiary/aromatic N) is 3. The van der Waals surface area contributed by atoms with Gasteiger partial charge in [0.15, 0.2) is 11.3 Å². The van der Waals surface area contributed by atoms with Crippen molar-refractivity contribution >= 4 is 27.5 Å². The third-order valence-corrected chi connectivity index (χ3v) is 2.22. The Labute approximate surface area is 94.2 Å². The molecule has 0 fully saturated rings. The predicted octanol–water partition coefficient (Wildman–Crippen LogP) is 1.67. The van der Waals surface area contributed by atoms with E-state index in [9.17, 15) is 4.79 Å². The van der Waals surface area contributed by atoms with Crippen molar-refractivity contribution in [1.82, 2.24) is 14.4 Å². The third kappa shape index (κ3) is 1.85. The highest BCUT2D eigenvalue weighted by Gasteiger charge is 2.12. The topological polar surface area (TPSA) is 56.5 Å². The van der Waals surface area contributed by atoms with Crippen molar-refractivity contribution in [1.29, 1.82) is 0 Å². The first-order valence-corrected chi connectivity index (χ1v) is 5.17. The molecule has 0 saturated carbocycles. The molecule has 0 amide bonds. The van der Waals surface area contributed by atoms with E-state index in [4.69, 9.17) is 4.74 Å². The van der Waals surface area contributed by atoms with Crippen molar-refractivity contribution in [3.8, 4) is 0 Å². The Morgan fingerprint density at radius 2 is 2.40 bits per heavy atom. The van der Waals surface area contributed by atoms with E-state index in [0.717, 1.165) is 0 Å². The fraction of sp³-hybridized carbons (Fsp3) is 0.222. The van der Waals surface area contributed by atoms with E-state index >= 15 is 0 Å². The lowest BCUT2D eigenvalue weighted by Gasteiger charge is -2.03. The average molecular weight is 270 g/mol. The zero-order valence-electron chi connectivity index (χ0n) is 7.98. The molecule has 0 aliphatic rings. The maximum absolute atomic E-state index is 11.5. The lowest BCUT2D eigenvalue weighted by molar-refractivity contribution is 0.0517. The van der Waals surface area contributed by atoms with Crippen molar-refractivity contribution in [3.05, 3.63) is 28.9 Å². The summed E-state index contributed by atoms with van der Waals surface area (Å²) in [6.45, 7) is 2.10. The fourth-order valence-electron chi connectivity index (χ4n) is 1.24. The van der Waals surface area contributed by atoms with Gasteiger partial charge in [0.2, 0.25) is 0 Å². The Morgan fingerprint density at radius 1 is 1.60 bits per heavy atom. The highest BCUT2D eigenvalue weighted by molar-refractivity contribution is 9.10. The van der Waals surface area contributed by atoms with Gasteiger partial charge in [-0.3, -0.25) is 9.38 Å². The molecule has 2 aromatic rings. The second-order valence-electron chi connectivity index (χ2n) is 2.80. The third-order valence-electron chi connectivity index (χ3n) is 1.83. The molecule has 0 radical (unpaired) electrons. The van der Waals surface area contributed by atoms with Crippen LogP contribution in [-0.4, -0.2) is 26.9 Å². The molecule has 6 heteroatoms. The van der Waals surface area contributed by atoms with Crippen molar-refractivity contribution < 1.29 is 9.53 Å². The Morgan fingerprint density at radius 3 is 3.13 bits per heavy atom. The monoisotopic (exact) mass is 269 g/mol. The molecule has 0 aliphatic carbocycles. The highest BCUT2D eigenvalue weighted by Crippen LogP contribution is 2.12. The minimum Gasteiger partial charge on any atom is -0.461 e. The van der Waals surface area contributed by atoms with Gasteiger partial charge in [-0.2, -0.15) is 0 Å². The predicted molar refractivity (Wildman–Crippen MR) is 56.6 cm³/mol. The van der Waals surface area contributed by atoms with Crippen molar-refractivity contribution in [3.63, 3.8) is 0 Å². The van der Waals surface area contributed by atoms with Crippen LogP contribution in [0.5, 0.6) is 0 Å². The number of ether oxygens (including phenoxy) is 1. The van der Waals surface area contributed by atoms with Crippen LogP contribution in [0.4, 0.5) is 0 Å². The number of imidazole rings is 1. The van der Waals surface area contributed by atoms with Gasteiger partial charge in [0.1, 0.15) is 4.60 Å². The Kier molecular flexibility index (Phi) is 2.68. The molecule has 15 heavy (non-hydrogen) atoms. The van der Waals surface area contributed by atoms with Crippen LogP contribution in [-0.2, 0) is 4.74 Å². The Balaban J connectivity index is 2.55.